The highest BCUT2D eigenvalue weighted by Gasteiger charge is 2.15. The number of methoxy groups -OCH3 is 1. The van der Waals surface area contributed by atoms with Gasteiger partial charge in [-0.05, 0) is 31.5 Å². The molecule has 0 radical (unpaired) electrons. The lowest BCUT2D eigenvalue weighted by molar-refractivity contribution is -0.110. The molecule has 1 N–H and O–H groups in total. The third kappa shape index (κ3) is 3.23. The Kier molecular flexibility index (Phi) is 5.17. The van der Waals surface area contributed by atoms with E-state index in [2.05, 4.69) is 5.32 Å². The van der Waals surface area contributed by atoms with Gasteiger partial charge in [0.15, 0.2) is 0 Å². The molecule has 1 unspecified atom stereocenters. The summed E-state index contributed by atoms with van der Waals surface area (Å²) in [4.78, 5) is 22.0. The number of carbonyl (C=O) groups excluding carboxylic acids is 2. The molecule has 0 aliphatic carbocycles. The van der Waals surface area contributed by atoms with Gasteiger partial charge < -0.3 is 14.8 Å². The number of rotatable bonds is 6. The fourth-order valence-corrected chi connectivity index (χ4v) is 1.55. The van der Waals surface area contributed by atoms with Crippen LogP contribution in [0.2, 0.25) is 0 Å². The Morgan fingerprint density at radius 2 is 2.22 bits per heavy atom. The van der Waals surface area contributed by atoms with Crippen molar-refractivity contribution in [1.29, 1.82) is 0 Å². The molecule has 1 aromatic carbocycles. The second kappa shape index (κ2) is 6.64. The number of hydrogen-bond donors (Lipinski definition) is 1. The second-order valence-corrected chi connectivity index (χ2v) is 3.69. The molecule has 1 amide bonds. The van der Waals surface area contributed by atoms with Crippen molar-refractivity contribution in [1.82, 2.24) is 5.32 Å². The van der Waals surface area contributed by atoms with Crippen LogP contribution in [0.4, 0.5) is 0 Å². The molecule has 0 bridgehead atoms. The Bertz CT molecular complexity index is 431. The SMILES string of the molecule is CCOC(=O)c1ccc(C(C)NC=O)cc1OC. The van der Waals surface area contributed by atoms with Gasteiger partial charge in [-0.3, -0.25) is 4.79 Å². The van der Waals surface area contributed by atoms with E-state index in [0.717, 1.165) is 5.56 Å². The summed E-state index contributed by atoms with van der Waals surface area (Å²) in [6.45, 7) is 3.90. The lowest BCUT2D eigenvalue weighted by atomic mass is 10.1. The van der Waals surface area contributed by atoms with Crippen LogP contribution in [0.25, 0.3) is 0 Å². The van der Waals surface area contributed by atoms with Gasteiger partial charge in [-0.15, -0.1) is 0 Å². The third-order valence-corrected chi connectivity index (χ3v) is 2.54. The quantitative estimate of drug-likeness (QED) is 0.617. The number of nitrogens with one attached hydrogen (secondary N) is 1. The van der Waals surface area contributed by atoms with Crippen LogP contribution in [0.3, 0.4) is 0 Å². The largest absolute Gasteiger partial charge is 0.496 e. The van der Waals surface area contributed by atoms with Crippen molar-refractivity contribution >= 4 is 12.4 Å². The molecule has 0 spiro atoms. The molecule has 0 aliphatic heterocycles. The first-order chi connectivity index (χ1) is 8.63. The molecule has 18 heavy (non-hydrogen) atoms. The normalized spacial score (nSPS) is 11.5. The van der Waals surface area contributed by atoms with E-state index in [-0.39, 0.29) is 6.04 Å². The lowest BCUT2D eigenvalue weighted by Gasteiger charge is -2.14. The molecule has 1 aromatic rings. The molecule has 0 heterocycles. The van der Waals surface area contributed by atoms with Crippen LogP contribution in [0.1, 0.15) is 35.8 Å². The van der Waals surface area contributed by atoms with Crippen molar-refractivity contribution in [3.63, 3.8) is 0 Å². The van der Waals surface area contributed by atoms with Crippen LogP contribution in [0.15, 0.2) is 18.2 Å². The van der Waals surface area contributed by atoms with Crippen molar-refractivity contribution in [3.8, 4) is 5.75 Å². The highest BCUT2D eigenvalue weighted by atomic mass is 16.5. The van der Waals surface area contributed by atoms with Gasteiger partial charge in [0.25, 0.3) is 0 Å². The number of esters is 1. The topological polar surface area (TPSA) is 64.6 Å². The highest BCUT2D eigenvalue weighted by molar-refractivity contribution is 5.92. The molecule has 1 rings (SSSR count). The van der Waals surface area contributed by atoms with E-state index in [1.54, 1.807) is 25.1 Å². The molecule has 0 fully saturated rings. The van der Waals surface area contributed by atoms with Gasteiger partial charge in [0.1, 0.15) is 11.3 Å². The van der Waals surface area contributed by atoms with E-state index in [0.29, 0.717) is 24.3 Å². The summed E-state index contributed by atoms with van der Waals surface area (Å²) in [5.41, 5.74) is 1.23. The van der Waals surface area contributed by atoms with Gasteiger partial charge in [-0.25, -0.2) is 4.79 Å². The molecule has 0 aromatic heterocycles. The van der Waals surface area contributed by atoms with Gasteiger partial charge >= 0.3 is 5.97 Å². The average molecular weight is 251 g/mol. The fourth-order valence-electron chi connectivity index (χ4n) is 1.55. The summed E-state index contributed by atoms with van der Waals surface area (Å²) in [5.74, 6) is 0.0161. The zero-order valence-electron chi connectivity index (χ0n) is 10.7. The summed E-state index contributed by atoms with van der Waals surface area (Å²) in [7, 11) is 1.49. The predicted molar refractivity (Wildman–Crippen MR) is 66.6 cm³/mol. The Morgan fingerprint density at radius 1 is 1.50 bits per heavy atom. The molecule has 0 saturated heterocycles. The van der Waals surface area contributed by atoms with Crippen molar-refractivity contribution in [3.05, 3.63) is 29.3 Å². The summed E-state index contributed by atoms with van der Waals surface area (Å²) in [6.07, 6.45) is 0.635. The number of carbonyl (C=O) groups is 2. The summed E-state index contributed by atoms with van der Waals surface area (Å²) in [5, 5.41) is 2.63. The first-order valence-corrected chi connectivity index (χ1v) is 5.68. The molecule has 5 nitrogen and oxygen atoms in total. The van der Waals surface area contributed by atoms with Gasteiger partial charge in [0.2, 0.25) is 6.41 Å². The lowest BCUT2D eigenvalue weighted by Crippen LogP contribution is -2.16. The van der Waals surface area contributed by atoms with Crippen molar-refractivity contribution < 1.29 is 19.1 Å². The maximum absolute atomic E-state index is 11.7. The van der Waals surface area contributed by atoms with E-state index in [4.69, 9.17) is 9.47 Å². The van der Waals surface area contributed by atoms with Crippen LogP contribution in [-0.4, -0.2) is 26.1 Å². The molecular formula is C13H17NO4. The number of benzene rings is 1. The number of hydrogen-bond acceptors (Lipinski definition) is 4. The second-order valence-electron chi connectivity index (χ2n) is 3.69. The monoisotopic (exact) mass is 251 g/mol. The maximum Gasteiger partial charge on any atom is 0.341 e. The van der Waals surface area contributed by atoms with Gasteiger partial charge in [-0.2, -0.15) is 0 Å². The minimum absolute atomic E-state index is 0.146. The fraction of sp³-hybridized carbons (Fsp3) is 0.385. The minimum atomic E-state index is -0.420. The Morgan fingerprint density at radius 3 is 2.78 bits per heavy atom. The molecular weight excluding hydrogens is 234 g/mol. The van der Waals surface area contributed by atoms with Crippen LogP contribution >= 0.6 is 0 Å². The van der Waals surface area contributed by atoms with E-state index in [1.165, 1.54) is 7.11 Å². The zero-order valence-corrected chi connectivity index (χ0v) is 10.7. The van der Waals surface area contributed by atoms with Crippen molar-refractivity contribution in [2.24, 2.45) is 0 Å². The van der Waals surface area contributed by atoms with Gasteiger partial charge in [0, 0.05) is 0 Å². The van der Waals surface area contributed by atoms with Crippen molar-refractivity contribution in [2.45, 2.75) is 19.9 Å². The van der Waals surface area contributed by atoms with Crippen LogP contribution in [-0.2, 0) is 9.53 Å². The van der Waals surface area contributed by atoms with Gasteiger partial charge in [0.05, 0.1) is 19.8 Å². The first kappa shape index (κ1) is 14.0. The molecule has 98 valence electrons. The standard InChI is InChI=1S/C13H17NO4/c1-4-18-13(16)11-6-5-10(7-12(11)17-3)9(2)14-8-15/h5-9H,4H2,1-3H3,(H,14,15). The summed E-state index contributed by atoms with van der Waals surface area (Å²) in [6, 6.07) is 4.96. The average Bonchev–Trinajstić information content (AvgIpc) is 2.38. The highest BCUT2D eigenvalue weighted by Crippen LogP contribution is 2.24. The minimum Gasteiger partial charge on any atom is -0.496 e. The molecule has 0 saturated carbocycles. The van der Waals surface area contributed by atoms with Crippen LogP contribution in [0.5, 0.6) is 5.75 Å². The number of ether oxygens (including phenoxy) is 2. The third-order valence-electron chi connectivity index (χ3n) is 2.54. The van der Waals surface area contributed by atoms with E-state index in [1.807, 2.05) is 6.92 Å². The van der Waals surface area contributed by atoms with E-state index >= 15 is 0 Å². The van der Waals surface area contributed by atoms with Crippen LogP contribution in [0, 0.1) is 0 Å². The van der Waals surface area contributed by atoms with Gasteiger partial charge in [-0.1, -0.05) is 6.07 Å². The Labute approximate surface area is 106 Å². The van der Waals surface area contributed by atoms with E-state index in [9.17, 15) is 9.59 Å². The van der Waals surface area contributed by atoms with E-state index < -0.39 is 5.97 Å². The summed E-state index contributed by atoms with van der Waals surface area (Å²) < 4.78 is 10.1. The summed E-state index contributed by atoms with van der Waals surface area (Å²) >= 11 is 0. The van der Waals surface area contributed by atoms with Crippen LogP contribution < -0.4 is 10.1 Å². The zero-order chi connectivity index (χ0) is 13.5. The first-order valence-electron chi connectivity index (χ1n) is 5.68. The molecule has 0 aliphatic rings. The smallest absolute Gasteiger partial charge is 0.341 e. The number of amides is 1. The maximum atomic E-state index is 11.7. The Balaban J connectivity index is 3.03. The van der Waals surface area contributed by atoms with Crippen molar-refractivity contribution in [2.75, 3.05) is 13.7 Å². The Hall–Kier alpha value is -2.04. The molecule has 5 heteroatoms. The predicted octanol–water partition coefficient (Wildman–Crippen LogP) is 1.68. The molecule has 1 atom stereocenters.